The maximum Gasteiger partial charge on any atom is 0.336 e. The Morgan fingerprint density at radius 1 is 1.19 bits per heavy atom. The van der Waals surface area contributed by atoms with Gasteiger partial charge in [-0.2, -0.15) is 0 Å². The van der Waals surface area contributed by atoms with Crippen molar-refractivity contribution in [3.8, 4) is 5.75 Å². The molecule has 1 aliphatic rings. The summed E-state index contributed by atoms with van der Waals surface area (Å²) in [4.78, 5) is 14.5. The molecular weight excluding hydrogens is 326 g/mol. The van der Waals surface area contributed by atoms with Crippen LogP contribution in [-0.4, -0.2) is 18.6 Å². The number of benzene rings is 2. The highest BCUT2D eigenvalue weighted by atomic mass is 16.5. The Labute approximate surface area is 153 Å². The second kappa shape index (κ2) is 6.96. The number of aryl methyl sites for hydroxylation is 1. The quantitative estimate of drug-likeness (QED) is 0.653. The van der Waals surface area contributed by atoms with E-state index in [4.69, 9.17) is 9.15 Å². The van der Waals surface area contributed by atoms with Gasteiger partial charge in [-0.1, -0.05) is 24.3 Å². The highest BCUT2D eigenvalue weighted by Crippen LogP contribution is 2.35. The SMILES string of the molecule is COc1cccc([C@H]2CCCN2Cc2cc(=O)oc3cc(C)ccc23)c1. The fourth-order valence-corrected chi connectivity index (χ4v) is 3.93. The molecule has 0 spiro atoms. The highest BCUT2D eigenvalue weighted by molar-refractivity contribution is 5.80. The third kappa shape index (κ3) is 3.25. The largest absolute Gasteiger partial charge is 0.497 e. The summed E-state index contributed by atoms with van der Waals surface area (Å²) in [6, 6.07) is 16.3. The minimum atomic E-state index is -0.282. The normalized spacial score (nSPS) is 17.7. The Morgan fingerprint density at radius 3 is 2.92 bits per heavy atom. The third-order valence-electron chi connectivity index (χ3n) is 5.20. The molecule has 134 valence electrons. The van der Waals surface area contributed by atoms with Crippen LogP contribution in [0, 0.1) is 6.92 Å². The molecule has 4 rings (SSSR count). The van der Waals surface area contributed by atoms with Gasteiger partial charge in [-0.25, -0.2) is 4.79 Å². The number of rotatable bonds is 4. The summed E-state index contributed by atoms with van der Waals surface area (Å²) in [5.74, 6) is 0.885. The van der Waals surface area contributed by atoms with Gasteiger partial charge in [0.25, 0.3) is 0 Å². The lowest BCUT2D eigenvalue weighted by molar-refractivity contribution is 0.248. The van der Waals surface area contributed by atoms with Gasteiger partial charge in [0.1, 0.15) is 11.3 Å². The zero-order chi connectivity index (χ0) is 18.1. The first kappa shape index (κ1) is 16.9. The maximum absolute atomic E-state index is 12.0. The van der Waals surface area contributed by atoms with Crippen molar-refractivity contribution in [2.24, 2.45) is 0 Å². The standard InChI is InChI=1S/C22H23NO3/c1-15-8-9-19-17(13-22(24)26-21(19)11-15)14-23-10-4-7-20(23)16-5-3-6-18(12-16)25-2/h3,5-6,8-9,11-13,20H,4,7,10,14H2,1-2H3/t20-/m1/s1. The van der Waals surface area contributed by atoms with Gasteiger partial charge in [-0.15, -0.1) is 0 Å². The van der Waals surface area contributed by atoms with E-state index in [-0.39, 0.29) is 5.63 Å². The number of methoxy groups -OCH3 is 1. The molecule has 0 bridgehead atoms. The van der Waals surface area contributed by atoms with Crippen molar-refractivity contribution in [1.29, 1.82) is 0 Å². The van der Waals surface area contributed by atoms with Gasteiger partial charge in [0.05, 0.1) is 7.11 Å². The van der Waals surface area contributed by atoms with Crippen molar-refractivity contribution in [3.05, 3.63) is 75.6 Å². The van der Waals surface area contributed by atoms with Gasteiger partial charge in [0.15, 0.2) is 0 Å². The molecule has 1 fully saturated rings. The van der Waals surface area contributed by atoms with E-state index in [1.165, 1.54) is 5.56 Å². The molecule has 0 amide bonds. The molecule has 1 saturated heterocycles. The topological polar surface area (TPSA) is 42.7 Å². The summed E-state index contributed by atoms with van der Waals surface area (Å²) in [7, 11) is 1.70. The first-order valence-electron chi connectivity index (χ1n) is 9.05. The van der Waals surface area contributed by atoms with E-state index in [0.29, 0.717) is 11.6 Å². The molecule has 3 aromatic rings. The number of fused-ring (bicyclic) bond motifs is 1. The zero-order valence-electron chi connectivity index (χ0n) is 15.2. The summed E-state index contributed by atoms with van der Waals surface area (Å²) < 4.78 is 10.8. The number of nitrogens with zero attached hydrogens (tertiary/aromatic N) is 1. The Bertz CT molecular complexity index is 992. The van der Waals surface area contributed by atoms with Gasteiger partial charge in [0.2, 0.25) is 0 Å². The van der Waals surface area contributed by atoms with Crippen LogP contribution < -0.4 is 10.4 Å². The Kier molecular flexibility index (Phi) is 4.51. The van der Waals surface area contributed by atoms with Crippen LogP contribution in [0.5, 0.6) is 5.75 Å². The Balaban J connectivity index is 1.68. The molecule has 0 aliphatic carbocycles. The molecule has 1 aromatic heterocycles. The van der Waals surface area contributed by atoms with Gasteiger partial charge in [-0.05, 0) is 61.2 Å². The van der Waals surface area contributed by atoms with E-state index in [2.05, 4.69) is 29.2 Å². The molecular formula is C22H23NO3. The number of hydrogen-bond donors (Lipinski definition) is 0. The number of ether oxygens (including phenoxy) is 1. The van der Waals surface area contributed by atoms with Crippen molar-refractivity contribution in [3.63, 3.8) is 0 Å². The second-order valence-corrected chi connectivity index (χ2v) is 7.00. The Morgan fingerprint density at radius 2 is 2.08 bits per heavy atom. The molecule has 26 heavy (non-hydrogen) atoms. The van der Waals surface area contributed by atoms with Crippen molar-refractivity contribution < 1.29 is 9.15 Å². The van der Waals surface area contributed by atoms with Crippen molar-refractivity contribution >= 4 is 11.0 Å². The average molecular weight is 349 g/mol. The fraction of sp³-hybridized carbons (Fsp3) is 0.318. The van der Waals surface area contributed by atoms with Crippen LogP contribution >= 0.6 is 0 Å². The summed E-state index contributed by atoms with van der Waals surface area (Å²) in [6.07, 6.45) is 2.27. The van der Waals surface area contributed by atoms with Crippen LogP contribution in [0.3, 0.4) is 0 Å². The molecule has 0 unspecified atom stereocenters. The number of likely N-dealkylation sites (tertiary alicyclic amines) is 1. The molecule has 2 heterocycles. The van der Waals surface area contributed by atoms with Crippen molar-refractivity contribution in [2.45, 2.75) is 32.4 Å². The van der Waals surface area contributed by atoms with E-state index < -0.39 is 0 Å². The molecule has 1 aliphatic heterocycles. The highest BCUT2D eigenvalue weighted by Gasteiger charge is 2.27. The lowest BCUT2D eigenvalue weighted by Gasteiger charge is -2.25. The van der Waals surface area contributed by atoms with Crippen LogP contribution in [0.4, 0.5) is 0 Å². The molecule has 4 nitrogen and oxygen atoms in total. The van der Waals surface area contributed by atoms with E-state index in [1.807, 2.05) is 25.1 Å². The third-order valence-corrected chi connectivity index (χ3v) is 5.20. The molecule has 2 aromatic carbocycles. The molecule has 0 N–H and O–H groups in total. The predicted octanol–water partition coefficient (Wildman–Crippen LogP) is 4.45. The van der Waals surface area contributed by atoms with E-state index in [0.717, 1.165) is 48.2 Å². The summed E-state index contributed by atoms with van der Waals surface area (Å²) in [5.41, 5.74) is 3.78. The summed E-state index contributed by atoms with van der Waals surface area (Å²) in [6.45, 7) is 3.77. The lowest BCUT2D eigenvalue weighted by atomic mass is 10.0. The first-order chi connectivity index (χ1) is 12.6. The van der Waals surface area contributed by atoms with E-state index in [9.17, 15) is 4.79 Å². The monoisotopic (exact) mass is 349 g/mol. The van der Waals surface area contributed by atoms with Crippen molar-refractivity contribution in [1.82, 2.24) is 4.90 Å². The van der Waals surface area contributed by atoms with Crippen LogP contribution in [0.2, 0.25) is 0 Å². The van der Waals surface area contributed by atoms with E-state index in [1.54, 1.807) is 13.2 Å². The average Bonchev–Trinajstić information content (AvgIpc) is 3.09. The van der Waals surface area contributed by atoms with E-state index >= 15 is 0 Å². The lowest BCUT2D eigenvalue weighted by Crippen LogP contribution is -2.23. The van der Waals surface area contributed by atoms with Crippen LogP contribution in [0.1, 0.15) is 35.6 Å². The predicted molar refractivity (Wildman–Crippen MR) is 103 cm³/mol. The first-order valence-corrected chi connectivity index (χ1v) is 9.05. The van der Waals surface area contributed by atoms with Gasteiger partial charge >= 0.3 is 5.63 Å². The van der Waals surface area contributed by atoms with Gasteiger partial charge in [-0.3, -0.25) is 4.90 Å². The van der Waals surface area contributed by atoms with Gasteiger partial charge < -0.3 is 9.15 Å². The smallest absolute Gasteiger partial charge is 0.336 e. The number of hydrogen-bond acceptors (Lipinski definition) is 4. The molecule has 4 heteroatoms. The summed E-state index contributed by atoms with van der Waals surface area (Å²) in [5, 5.41) is 1.02. The van der Waals surface area contributed by atoms with Gasteiger partial charge in [0, 0.05) is 24.0 Å². The van der Waals surface area contributed by atoms with Crippen LogP contribution in [-0.2, 0) is 6.54 Å². The minimum absolute atomic E-state index is 0.282. The zero-order valence-corrected chi connectivity index (χ0v) is 15.2. The molecule has 1 atom stereocenters. The Hall–Kier alpha value is -2.59. The summed E-state index contributed by atoms with van der Waals surface area (Å²) >= 11 is 0. The van der Waals surface area contributed by atoms with Crippen molar-refractivity contribution in [2.75, 3.05) is 13.7 Å². The van der Waals surface area contributed by atoms with Crippen LogP contribution in [0.15, 0.2) is 57.7 Å². The second-order valence-electron chi connectivity index (χ2n) is 7.00. The van der Waals surface area contributed by atoms with Crippen LogP contribution in [0.25, 0.3) is 11.0 Å². The minimum Gasteiger partial charge on any atom is -0.497 e. The molecule has 0 radical (unpaired) electrons. The fourth-order valence-electron chi connectivity index (χ4n) is 3.93. The molecule has 0 saturated carbocycles. The maximum atomic E-state index is 12.0.